The minimum absolute atomic E-state index is 0.556. The molecule has 0 spiro atoms. The van der Waals surface area contributed by atoms with E-state index in [1.54, 1.807) is 0 Å². The van der Waals surface area contributed by atoms with Gasteiger partial charge in [-0.2, -0.15) is 0 Å². The predicted octanol–water partition coefficient (Wildman–Crippen LogP) is 1.31. The highest BCUT2D eigenvalue weighted by atomic mass is 79.9. The normalized spacial score (nSPS) is 25.1. The van der Waals surface area contributed by atoms with Crippen LogP contribution in [0.4, 0.5) is 0 Å². The smallest absolute Gasteiger partial charge is 0.163 e. The first-order valence-corrected chi connectivity index (χ1v) is 5.53. The lowest BCUT2D eigenvalue weighted by Crippen LogP contribution is -2.37. The fourth-order valence-electron chi connectivity index (χ4n) is 0.826. The van der Waals surface area contributed by atoms with Gasteiger partial charge in [0.15, 0.2) is 9.84 Å². The van der Waals surface area contributed by atoms with Gasteiger partial charge in [0, 0.05) is 6.26 Å². The fraction of sp³-hybridized carbons (Fsp3) is 1.00. The third-order valence-electron chi connectivity index (χ3n) is 1.76. The second kappa shape index (κ2) is 1.95. The molecule has 0 bridgehead atoms. The maximum absolute atomic E-state index is 10.9. The molecule has 0 amide bonds. The average Bonchev–Trinajstić information content (AvgIpc) is 1.57. The van der Waals surface area contributed by atoms with E-state index in [0.29, 0.717) is 0 Å². The molecule has 0 unspecified atom stereocenters. The van der Waals surface area contributed by atoms with E-state index in [2.05, 4.69) is 15.9 Å². The van der Waals surface area contributed by atoms with Crippen molar-refractivity contribution in [1.82, 2.24) is 0 Å². The van der Waals surface area contributed by atoms with Crippen LogP contribution >= 0.6 is 15.9 Å². The molecule has 0 aromatic carbocycles. The van der Waals surface area contributed by atoms with Gasteiger partial charge in [0.05, 0.1) is 0 Å². The molecule has 0 aliphatic heterocycles. The summed E-state index contributed by atoms with van der Waals surface area (Å²) >= 11 is 3.20. The SMILES string of the molecule is CS(=O)(=O)C1(Br)CCC1. The lowest BCUT2D eigenvalue weighted by atomic mass is 10.00. The van der Waals surface area contributed by atoms with E-state index < -0.39 is 13.5 Å². The van der Waals surface area contributed by atoms with Gasteiger partial charge >= 0.3 is 0 Å². The summed E-state index contributed by atoms with van der Waals surface area (Å²) in [4.78, 5) is 0. The quantitative estimate of drug-likeness (QED) is 0.615. The Hall–Kier alpha value is 0.430. The molecule has 0 heterocycles. The molecule has 1 rings (SSSR count). The molecule has 0 aromatic rings. The second-order valence-corrected chi connectivity index (χ2v) is 6.88. The maximum Gasteiger partial charge on any atom is 0.163 e. The van der Waals surface area contributed by atoms with Crippen LogP contribution in [-0.2, 0) is 9.84 Å². The predicted molar refractivity (Wildman–Crippen MR) is 40.4 cm³/mol. The molecule has 1 aliphatic carbocycles. The highest BCUT2D eigenvalue weighted by molar-refractivity contribution is 9.11. The van der Waals surface area contributed by atoms with Crippen molar-refractivity contribution in [2.24, 2.45) is 0 Å². The third kappa shape index (κ3) is 1.15. The molecular weight excluding hydrogens is 204 g/mol. The summed E-state index contributed by atoms with van der Waals surface area (Å²) in [7, 11) is -2.85. The van der Waals surface area contributed by atoms with E-state index in [-0.39, 0.29) is 0 Å². The molecule has 0 radical (unpaired) electrons. The zero-order valence-corrected chi connectivity index (χ0v) is 7.63. The molecule has 9 heavy (non-hydrogen) atoms. The van der Waals surface area contributed by atoms with Crippen LogP contribution in [0.2, 0.25) is 0 Å². The summed E-state index contributed by atoms with van der Waals surface area (Å²) in [5.41, 5.74) is 0. The molecule has 0 aromatic heterocycles. The summed E-state index contributed by atoms with van der Waals surface area (Å²) in [5.74, 6) is 0. The number of hydrogen-bond acceptors (Lipinski definition) is 2. The van der Waals surface area contributed by atoms with E-state index in [1.807, 2.05) is 0 Å². The van der Waals surface area contributed by atoms with Gasteiger partial charge in [0.2, 0.25) is 0 Å². The van der Waals surface area contributed by atoms with Crippen molar-refractivity contribution in [3.05, 3.63) is 0 Å². The summed E-state index contributed by atoms with van der Waals surface area (Å²) < 4.78 is 21.2. The minimum atomic E-state index is -2.85. The fourth-order valence-corrected chi connectivity index (χ4v) is 2.42. The van der Waals surface area contributed by atoms with Crippen LogP contribution in [0.25, 0.3) is 0 Å². The zero-order valence-electron chi connectivity index (χ0n) is 5.22. The Morgan fingerprint density at radius 3 is 1.89 bits per heavy atom. The molecule has 0 N–H and O–H groups in total. The maximum atomic E-state index is 10.9. The number of sulfone groups is 1. The highest BCUT2D eigenvalue weighted by Gasteiger charge is 2.43. The number of rotatable bonds is 1. The monoisotopic (exact) mass is 212 g/mol. The van der Waals surface area contributed by atoms with Gasteiger partial charge < -0.3 is 0 Å². The van der Waals surface area contributed by atoms with Gasteiger partial charge in [-0.05, 0) is 19.3 Å². The van der Waals surface area contributed by atoms with E-state index in [0.717, 1.165) is 19.3 Å². The molecule has 0 atom stereocenters. The van der Waals surface area contributed by atoms with Crippen molar-refractivity contribution in [2.45, 2.75) is 22.9 Å². The van der Waals surface area contributed by atoms with Crippen LogP contribution in [0.1, 0.15) is 19.3 Å². The van der Waals surface area contributed by atoms with Gasteiger partial charge in [0.1, 0.15) is 3.66 Å². The van der Waals surface area contributed by atoms with Crippen molar-refractivity contribution in [3.63, 3.8) is 0 Å². The number of alkyl halides is 1. The first-order chi connectivity index (χ1) is 3.96. The van der Waals surface area contributed by atoms with Crippen LogP contribution < -0.4 is 0 Å². The lowest BCUT2D eigenvalue weighted by Gasteiger charge is -2.33. The first-order valence-electron chi connectivity index (χ1n) is 2.84. The highest BCUT2D eigenvalue weighted by Crippen LogP contribution is 2.44. The van der Waals surface area contributed by atoms with E-state index in [9.17, 15) is 8.42 Å². The Morgan fingerprint density at radius 1 is 1.44 bits per heavy atom. The Labute approximate surface area is 63.7 Å². The summed E-state index contributed by atoms with van der Waals surface area (Å²) in [6.45, 7) is 0. The van der Waals surface area contributed by atoms with Crippen molar-refractivity contribution < 1.29 is 8.42 Å². The molecule has 1 aliphatic rings. The molecular formula is C5H9BrO2S. The third-order valence-corrected chi connectivity index (χ3v) is 6.06. The Balaban J connectivity index is 2.84. The Morgan fingerprint density at radius 2 is 1.89 bits per heavy atom. The number of halogens is 1. The van der Waals surface area contributed by atoms with Crippen molar-refractivity contribution in [3.8, 4) is 0 Å². The lowest BCUT2D eigenvalue weighted by molar-refractivity contribution is 0.455. The molecule has 2 nitrogen and oxygen atoms in total. The van der Waals surface area contributed by atoms with E-state index in [1.165, 1.54) is 6.26 Å². The van der Waals surface area contributed by atoms with Gasteiger partial charge in [0.25, 0.3) is 0 Å². The van der Waals surface area contributed by atoms with E-state index >= 15 is 0 Å². The van der Waals surface area contributed by atoms with Gasteiger partial charge in [-0.15, -0.1) is 0 Å². The van der Waals surface area contributed by atoms with Crippen molar-refractivity contribution in [1.29, 1.82) is 0 Å². The summed E-state index contributed by atoms with van der Waals surface area (Å²) in [5, 5.41) is 0. The Kier molecular flexibility index (Phi) is 1.64. The van der Waals surface area contributed by atoms with Gasteiger partial charge in [-0.1, -0.05) is 15.9 Å². The number of hydrogen-bond donors (Lipinski definition) is 0. The van der Waals surface area contributed by atoms with Crippen LogP contribution in [0.15, 0.2) is 0 Å². The van der Waals surface area contributed by atoms with Gasteiger partial charge in [-0.25, -0.2) is 8.42 Å². The van der Waals surface area contributed by atoms with Crippen LogP contribution in [0.3, 0.4) is 0 Å². The second-order valence-electron chi connectivity index (χ2n) is 2.51. The Bertz CT molecular complexity index is 203. The summed E-state index contributed by atoms with van der Waals surface area (Å²) in [6.07, 6.45) is 3.84. The van der Waals surface area contributed by atoms with Crippen LogP contribution in [0.5, 0.6) is 0 Å². The molecule has 4 heteroatoms. The van der Waals surface area contributed by atoms with Crippen molar-refractivity contribution in [2.75, 3.05) is 6.26 Å². The largest absolute Gasteiger partial charge is 0.228 e. The van der Waals surface area contributed by atoms with Crippen LogP contribution in [-0.4, -0.2) is 18.3 Å². The van der Waals surface area contributed by atoms with Crippen molar-refractivity contribution >= 4 is 25.8 Å². The average molecular weight is 213 g/mol. The first kappa shape index (κ1) is 7.54. The van der Waals surface area contributed by atoms with Gasteiger partial charge in [-0.3, -0.25) is 0 Å². The molecule has 0 saturated heterocycles. The van der Waals surface area contributed by atoms with E-state index in [4.69, 9.17) is 0 Å². The summed E-state index contributed by atoms with van der Waals surface area (Å²) in [6, 6.07) is 0. The minimum Gasteiger partial charge on any atom is -0.228 e. The molecule has 1 fully saturated rings. The standard InChI is InChI=1S/C5H9BrO2S/c1-9(7,8)5(6)3-2-4-5/h2-4H2,1H3. The van der Waals surface area contributed by atoms with Crippen LogP contribution in [0, 0.1) is 0 Å². The molecule has 1 saturated carbocycles. The topological polar surface area (TPSA) is 34.1 Å². The molecule has 54 valence electrons. The zero-order chi connectivity index (χ0) is 7.12.